The second-order valence-electron chi connectivity index (χ2n) is 4.46. The summed E-state index contributed by atoms with van der Waals surface area (Å²) in [6.45, 7) is -0.704. The molecule has 2 rings (SSSR count). The molecule has 0 aliphatic heterocycles. The highest BCUT2D eigenvalue weighted by Crippen LogP contribution is 2.27. The molecule has 0 atom stereocenters. The number of sulfonamides is 1. The Balaban J connectivity index is 2.35. The Kier molecular flexibility index (Phi) is 4.11. The molecule has 4 nitrogen and oxygen atoms in total. The molecule has 8 heteroatoms. The largest absolute Gasteiger partial charge is 0.398 e. The van der Waals surface area contributed by atoms with Crippen LogP contribution in [0.25, 0.3) is 10.8 Å². The summed E-state index contributed by atoms with van der Waals surface area (Å²) in [7, 11) is -4.03. The standard InChI is InChI=1S/C13H13F3N2O2S/c14-13(15,16)7-8-18-21(19,20)12-6-5-11(17)9-3-1-2-4-10(9)12/h1-6,18H,7-8,17H2. The lowest BCUT2D eigenvalue weighted by Crippen LogP contribution is -2.28. The molecule has 21 heavy (non-hydrogen) atoms. The lowest BCUT2D eigenvalue weighted by molar-refractivity contribution is -0.132. The Morgan fingerprint density at radius 2 is 1.67 bits per heavy atom. The van der Waals surface area contributed by atoms with Gasteiger partial charge in [-0.25, -0.2) is 13.1 Å². The maximum Gasteiger partial charge on any atom is 0.390 e. The van der Waals surface area contributed by atoms with E-state index in [4.69, 9.17) is 5.73 Å². The molecule has 0 unspecified atom stereocenters. The Labute approximate surface area is 119 Å². The molecule has 0 bridgehead atoms. The van der Waals surface area contributed by atoms with Gasteiger partial charge >= 0.3 is 6.18 Å². The van der Waals surface area contributed by atoms with Gasteiger partial charge in [-0.15, -0.1) is 0 Å². The number of alkyl halides is 3. The van der Waals surface area contributed by atoms with Crippen LogP contribution in [-0.4, -0.2) is 21.1 Å². The SMILES string of the molecule is Nc1ccc(S(=O)(=O)NCCC(F)(F)F)c2ccccc12. The third-order valence-electron chi connectivity index (χ3n) is 2.91. The zero-order chi connectivity index (χ0) is 15.7. The molecule has 0 aromatic heterocycles. The van der Waals surface area contributed by atoms with Crippen molar-refractivity contribution in [3.8, 4) is 0 Å². The molecule has 0 amide bonds. The van der Waals surface area contributed by atoms with Crippen molar-refractivity contribution >= 4 is 26.5 Å². The van der Waals surface area contributed by atoms with E-state index in [1.165, 1.54) is 12.1 Å². The van der Waals surface area contributed by atoms with Crippen LogP contribution in [0.15, 0.2) is 41.3 Å². The van der Waals surface area contributed by atoms with Crippen LogP contribution >= 0.6 is 0 Å². The zero-order valence-electron chi connectivity index (χ0n) is 10.8. The number of nitrogens with two attached hydrogens (primary N) is 1. The van der Waals surface area contributed by atoms with Gasteiger partial charge in [0.25, 0.3) is 0 Å². The van der Waals surface area contributed by atoms with E-state index in [-0.39, 0.29) is 4.90 Å². The minimum absolute atomic E-state index is 0.0884. The summed E-state index contributed by atoms with van der Waals surface area (Å²) in [5, 5.41) is 0.910. The van der Waals surface area contributed by atoms with E-state index < -0.39 is 29.2 Å². The second kappa shape index (κ2) is 5.53. The molecular formula is C13H13F3N2O2S. The van der Waals surface area contributed by atoms with Gasteiger partial charge in [-0.2, -0.15) is 13.2 Å². The highest BCUT2D eigenvalue weighted by atomic mass is 32.2. The van der Waals surface area contributed by atoms with Gasteiger partial charge in [0.1, 0.15) is 0 Å². The topological polar surface area (TPSA) is 72.2 Å². The van der Waals surface area contributed by atoms with Crippen molar-refractivity contribution in [3.05, 3.63) is 36.4 Å². The quantitative estimate of drug-likeness (QED) is 0.851. The number of rotatable bonds is 4. The van der Waals surface area contributed by atoms with Crippen molar-refractivity contribution in [2.45, 2.75) is 17.5 Å². The Hall–Kier alpha value is -1.80. The first kappa shape index (κ1) is 15.6. The lowest BCUT2D eigenvalue weighted by atomic mass is 10.1. The van der Waals surface area contributed by atoms with Gasteiger partial charge < -0.3 is 5.73 Å². The highest BCUT2D eigenvalue weighted by molar-refractivity contribution is 7.89. The van der Waals surface area contributed by atoms with Gasteiger partial charge in [0.15, 0.2) is 0 Å². The van der Waals surface area contributed by atoms with Crippen molar-refractivity contribution < 1.29 is 21.6 Å². The summed E-state index contributed by atoms with van der Waals surface area (Å²) >= 11 is 0. The van der Waals surface area contributed by atoms with Crippen LogP contribution in [0.3, 0.4) is 0 Å². The molecule has 0 saturated heterocycles. The summed E-state index contributed by atoms with van der Waals surface area (Å²) in [5.74, 6) is 0. The minimum atomic E-state index is -4.41. The number of hydrogen-bond donors (Lipinski definition) is 2. The molecule has 0 heterocycles. The van der Waals surface area contributed by atoms with Gasteiger partial charge in [-0.1, -0.05) is 24.3 Å². The molecule has 0 aliphatic rings. The van der Waals surface area contributed by atoms with Crippen molar-refractivity contribution in [2.24, 2.45) is 0 Å². The molecule has 0 fully saturated rings. The van der Waals surface area contributed by atoms with Gasteiger partial charge in [0, 0.05) is 23.0 Å². The minimum Gasteiger partial charge on any atom is -0.398 e. The van der Waals surface area contributed by atoms with Gasteiger partial charge in [-0.05, 0) is 12.1 Å². The summed E-state index contributed by atoms with van der Waals surface area (Å²) in [6.07, 6.45) is -5.63. The summed E-state index contributed by atoms with van der Waals surface area (Å²) in [4.78, 5) is -0.0884. The number of hydrogen-bond acceptors (Lipinski definition) is 3. The van der Waals surface area contributed by atoms with E-state index in [0.29, 0.717) is 16.5 Å². The van der Waals surface area contributed by atoms with E-state index >= 15 is 0 Å². The smallest absolute Gasteiger partial charge is 0.390 e. The molecule has 3 N–H and O–H groups in total. The van der Waals surface area contributed by atoms with Gasteiger partial charge in [0.2, 0.25) is 10.0 Å². The fraction of sp³-hybridized carbons (Fsp3) is 0.231. The van der Waals surface area contributed by atoms with Crippen molar-refractivity contribution in [1.29, 1.82) is 0 Å². The first-order chi connectivity index (χ1) is 9.71. The average Bonchev–Trinajstić information content (AvgIpc) is 2.37. The Morgan fingerprint density at radius 1 is 1.05 bits per heavy atom. The number of benzene rings is 2. The summed E-state index contributed by atoms with van der Waals surface area (Å²) in [6, 6.07) is 9.25. The predicted octanol–water partition coefficient (Wildman–Crippen LogP) is 2.65. The number of fused-ring (bicyclic) bond motifs is 1. The zero-order valence-corrected chi connectivity index (χ0v) is 11.6. The molecule has 2 aromatic carbocycles. The maximum atomic E-state index is 12.1. The molecule has 0 aliphatic carbocycles. The fourth-order valence-corrected chi connectivity index (χ4v) is 3.17. The van der Waals surface area contributed by atoms with E-state index in [9.17, 15) is 21.6 Å². The predicted molar refractivity (Wildman–Crippen MR) is 74.2 cm³/mol. The van der Waals surface area contributed by atoms with E-state index in [2.05, 4.69) is 0 Å². The van der Waals surface area contributed by atoms with Crippen LogP contribution < -0.4 is 10.5 Å². The summed E-state index contributed by atoms with van der Waals surface area (Å²) < 4.78 is 62.5. The fourth-order valence-electron chi connectivity index (χ4n) is 1.93. The number of nitrogen functional groups attached to an aromatic ring is 1. The Bertz CT molecular complexity index is 758. The second-order valence-corrected chi connectivity index (χ2v) is 6.20. The van der Waals surface area contributed by atoms with Crippen LogP contribution in [0, 0.1) is 0 Å². The number of anilines is 1. The van der Waals surface area contributed by atoms with Crippen LogP contribution in [-0.2, 0) is 10.0 Å². The van der Waals surface area contributed by atoms with E-state index in [1.807, 2.05) is 4.72 Å². The van der Waals surface area contributed by atoms with Crippen LogP contribution in [0.4, 0.5) is 18.9 Å². The van der Waals surface area contributed by atoms with Crippen LogP contribution in [0.1, 0.15) is 6.42 Å². The average molecular weight is 318 g/mol. The summed E-state index contributed by atoms with van der Waals surface area (Å²) in [5.41, 5.74) is 6.16. The van der Waals surface area contributed by atoms with Gasteiger partial charge in [0.05, 0.1) is 11.3 Å². The van der Waals surface area contributed by atoms with Crippen molar-refractivity contribution in [2.75, 3.05) is 12.3 Å². The maximum absolute atomic E-state index is 12.1. The molecular weight excluding hydrogens is 305 g/mol. The number of nitrogens with one attached hydrogen (secondary N) is 1. The highest BCUT2D eigenvalue weighted by Gasteiger charge is 2.28. The molecule has 2 aromatic rings. The number of halogens is 3. The van der Waals surface area contributed by atoms with E-state index in [0.717, 1.165) is 0 Å². The first-order valence-electron chi connectivity index (χ1n) is 6.04. The molecule has 0 saturated carbocycles. The Morgan fingerprint density at radius 3 is 2.29 bits per heavy atom. The first-order valence-corrected chi connectivity index (χ1v) is 7.53. The van der Waals surface area contributed by atoms with Crippen LogP contribution in [0.5, 0.6) is 0 Å². The van der Waals surface area contributed by atoms with Gasteiger partial charge in [-0.3, -0.25) is 0 Å². The van der Waals surface area contributed by atoms with E-state index in [1.54, 1.807) is 24.3 Å². The van der Waals surface area contributed by atoms with Crippen LogP contribution in [0.2, 0.25) is 0 Å². The third-order valence-corrected chi connectivity index (χ3v) is 4.43. The molecule has 0 spiro atoms. The van der Waals surface area contributed by atoms with Crippen molar-refractivity contribution in [3.63, 3.8) is 0 Å². The normalized spacial score (nSPS) is 12.7. The monoisotopic (exact) mass is 318 g/mol. The van der Waals surface area contributed by atoms with Crippen molar-refractivity contribution in [1.82, 2.24) is 4.72 Å². The molecule has 114 valence electrons. The molecule has 0 radical (unpaired) electrons. The lowest BCUT2D eigenvalue weighted by Gasteiger charge is -2.11. The third kappa shape index (κ3) is 3.64.